The molecule has 0 heterocycles. The Morgan fingerprint density at radius 1 is 1.50 bits per heavy atom. The summed E-state index contributed by atoms with van der Waals surface area (Å²) in [5.41, 5.74) is -0.817. The van der Waals surface area contributed by atoms with Gasteiger partial charge in [-0.05, 0) is 26.2 Å². The molecule has 10 heavy (non-hydrogen) atoms. The van der Waals surface area contributed by atoms with E-state index in [1.165, 1.54) is 0 Å². The van der Waals surface area contributed by atoms with Crippen LogP contribution >= 0.6 is 0 Å². The Kier molecular flexibility index (Phi) is 7.09. The van der Waals surface area contributed by atoms with E-state index < -0.39 is 5.60 Å². The van der Waals surface area contributed by atoms with Gasteiger partial charge in [0, 0.05) is 6.61 Å². The molecule has 0 aliphatic rings. The lowest BCUT2D eigenvalue weighted by atomic mass is 9.98. The summed E-state index contributed by atoms with van der Waals surface area (Å²) in [7, 11) is 0. The zero-order valence-electron chi connectivity index (χ0n) is 6.64. The molecule has 0 aliphatic carbocycles. The van der Waals surface area contributed by atoms with E-state index in [1.54, 1.807) is 0 Å². The fraction of sp³-hybridized carbons (Fsp3) is 0.857. The second-order valence-electron chi connectivity index (χ2n) is 2.41. The van der Waals surface area contributed by atoms with Crippen LogP contribution in [-0.4, -0.2) is 22.4 Å². The van der Waals surface area contributed by atoms with Gasteiger partial charge in [0.15, 0.2) is 0 Å². The summed E-state index contributed by atoms with van der Waals surface area (Å²) in [6.45, 7) is 5.59. The van der Waals surface area contributed by atoms with Crippen LogP contribution in [0, 0.1) is 6.92 Å². The lowest BCUT2D eigenvalue weighted by Crippen LogP contribution is -2.23. The van der Waals surface area contributed by atoms with E-state index in [0.717, 1.165) is 0 Å². The van der Waals surface area contributed by atoms with Crippen molar-refractivity contribution >= 4 is 0 Å². The van der Waals surface area contributed by atoms with Gasteiger partial charge < -0.3 is 16.4 Å². The van der Waals surface area contributed by atoms with Crippen LogP contribution in [0.5, 0.6) is 0 Å². The van der Waals surface area contributed by atoms with Gasteiger partial charge in [0.1, 0.15) is 0 Å². The summed E-state index contributed by atoms with van der Waals surface area (Å²) in [4.78, 5) is 0. The average molecular weight is 148 g/mol. The minimum absolute atomic E-state index is 0. The molecule has 0 rings (SSSR count). The SMILES string of the molecule is N.[CH2]C(O)(CC)CCCO. The van der Waals surface area contributed by atoms with E-state index in [-0.39, 0.29) is 12.8 Å². The Morgan fingerprint density at radius 3 is 2.30 bits per heavy atom. The molecular weight excluding hydrogens is 130 g/mol. The fourth-order valence-corrected chi connectivity index (χ4v) is 0.585. The molecule has 0 spiro atoms. The highest BCUT2D eigenvalue weighted by molar-refractivity contribution is 4.78. The Bertz CT molecular complexity index is 74.0. The Hall–Kier alpha value is -0.120. The highest BCUT2D eigenvalue weighted by Gasteiger charge is 2.15. The van der Waals surface area contributed by atoms with Gasteiger partial charge in [-0.25, -0.2) is 0 Å². The molecule has 1 unspecified atom stereocenters. The Morgan fingerprint density at radius 2 is 2.00 bits per heavy atom. The highest BCUT2D eigenvalue weighted by Crippen LogP contribution is 2.14. The topological polar surface area (TPSA) is 75.5 Å². The van der Waals surface area contributed by atoms with Crippen molar-refractivity contribution in [3.63, 3.8) is 0 Å². The Labute approximate surface area is 62.7 Å². The summed E-state index contributed by atoms with van der Waals surface area (Å²) in [6.07, 6.45) is 1.86. The fourth-order valence-electron chi connectivity index (χ4n) is 0.585. The third-order valence-electron chi connectivity index (χ3n) is 1.46. The van der Waals surface area contributed by atoms with E-state index in [9.17, 15) is 5.11 Å². The summed E-state index contributed by atoms with van der Waals surface area (Å²) in [5, 5.41) is 17.6. The molecular formula is C7H18NO2. The van der Waals surface area contributed by atoms with Gasteiger partial charge in [0.2, 0.25) is 0 Å². The number of rotatable bonds is 4. The van der Waals surface area contributed by atoms with Crippen molar-refractivity contribution in [1.29, 1.82) is 0 Å². The molecule has 0 amide bonds. The average Bonchev–Trinajstić information content (AvgIpc) is 1.84. The summed E-state index contributed by atoms with van der Waals surface area (Å²) in [6, 6.07) is 0. The predicted octanol–water partition coefficient (Wildman–Crippen LogP) is 0.896. The maximum atomic E-state index is 9.23. The molecule has 0 aromatic heterocycles. The van der Waals surface area contributed by atoms with Crippen molar-refractivity contribution in [2.75, 3.05) is 6.61 Å². The van der Waals surface area contributed by atoms with Crippen molar-refractivity contribution in [1.82, 2.24) is 6.15 Å². The van der Waals surface area contributed by atoms with Crippen LogP contribution in [0.2, 0.25) is 0 Å². The van der Waals surface area contributed by atoms with Crippen molar-refractivity contribution in [3.05, 3.63) is 6.92 Å². The monoisotopic (exact) mass is 148 g/mol. The summed E-state index contributed by atoms with van der Waals surface area (Å²) in [5.74, 6) is 0. The number of hydrogen-bond donors (Lipinski definition) is 3. The maximum Gasteiger partial charge on any atom is 0.0647 e. The lowest BCUT2D eigenvalue weighted by Gasteiger charge is -2.19. The molecule has 1 radical (unpaired) electrons. The van der Waals surface area contributed by atoms with Crippen LogP contribution < -0.4 is 6.15 Å². The van der Waals surface area contributed by atoms with Crippen molar-refractivity contribution in [3.8, 4) is 0 Å². The largest absolute Gasteiger partial charge is 0.396 e. The van der Waals surface area contributed by atoms with Crippen LogP contribution in [0.3, 0.4) is 0 Å². The summed E-state index contributed by atoms with van der Waals surface area (Å²) < 4.78 is 0. The quantitative estimate of drug-likeness (QED) is 0.554. The van der Waals surface area contributed by atoms with E-state index in [4.69, 9.17) is 5.11 Å². The normalized spacial score (nSPS) is 15.6. The lowest BCUT2D eigenvalue weighted by molar-refractivity contribution is 0.0661. The van der Waals surface area contributed by atoms with E-state index in [1.807, 2.05) is 6.92 Å². The first-order chi connectivity index (χ1) is 4.12. The zero-order chi connectivity index (χ0) is 7.33. The molecule has 0 aromatic rings. The molecule has 0 saturated heterocycles. The van der Waals surface area contributed by atoms with Crippen LogP contribution in [0.25, 0.3) is 0 Å². The molecule has 0 aromatic carbocycles. The first-order valence-electron chi connectivity index (χ1n) is 3.31. The van der Waals surface area contributed by atoms with E-state index in [2.05, 4.69) is 6.92 Å². The van der Waals surface area contributed by atoms with Gasteiger partial charge in [0.05, 0.1) is 5.60 Å². The number of aliphatic hydroxyl groups excluding tert-OH is 1. The van der Waals surface area contributed by atoms with Crippen molar-refractivity contribution in [2.24, 2.45) is 0 Å². The predicted molar refractivity (Wildman–Crippen MR) is 41.9 cm³/mol. The van der Waals surface area contributed by atoms with Crippen LogP contribution in [-0.2, 0) is 0 Å². The number of hydrogen-bond acceptors (Lipinski definition) is 3. The van der Waals surface area contributed by atoms with Gasteiger partial charge in [0.25, 0.3) is 0 Å². The van der Waals surface area contributed by atoms with Gasteiger partial charge in [-0.2, -0.15) is 0 Å². The van der Waals surface area contributed by atoms with Gasteiger partial charge in [-0.1, -0.05) is 6.92 Å². The second kappa shape index (κ2) is 5.65. The molecule has 5 N–H and O–H groups in total. The van der Waals surface area contributed by atoms with Gasteiger partial charge in [-0.15, -0.1) is 0 Å². The molecule has 0 fully saturated rings. The van der Waals surface area contributed by atoms with Gasteiger partial charge in [-0.3, -0.25) is 0 Å². The highest BCUT2D eigenvalue weighted by atomic mass is 16.3. The third-order valence-corrected chi connectivity index (χ3v) is 1.46. The van der Waals surface area contributed by atoms with Gasteiger partial charge >= 0.3 is 0 Å². The first-order valence-corrected chi connectivity index (χ1v) is 3.31. The molecule has 0 saturated carbocycles. The zero-order valence-corrected chi connectivity index (χ0v) is 6.64. The van der Waals surface area contributed by atoms with Crippen LogP contribution in [0.1, 0.15) is 26.2 Å². The van der Waals surface area contributed by atoms with Crippen LogP contribution in [0.4, 0.5) is 0 Å². The smallest absolute Gasteiger partial charge is 0.0647 e. The molecule has 0 bridgehead atoms. The molecule has 1 atom stereocenters. The standard InChI is InChI=1S/C7H15O2.H3N/c1-3-7(2,9)5-4-6-8;/h8-9H,2-6H2,1H3;1H3. The Balaban J connectivity index is 0. The second-order valence-corrected chi connectivity index (χ2v) is 2.41. The number of aliphatic hydroxyl groups is 2. The minimum atomic E-state index is -0.817. The van der Waals surface area contributed by atoms with Crippen molar-refractivity contribution < 1.29 is 10.2 Å². The van der Waals surface area contributed by atoms with E-state index in [0.29, 0.717) is 19.3 Å². The third kappa shape index (κ3) is 6.01. The first kappa shape index (κ1) is 12.5. The van der Waals surface area contributed by atoms with Crippen LogP contribution in [0.15, 0.2) is 0 Å². The molecule has 63 valence electrons. The molecule has 3 nitrogen and oxygen atoms in total. The minimum Gasteiger partial charge on any atom is -0.396 e. The maximum absolute atomic E-state index is 9.23. The molecule has 0 aliphatic heterocycles. The van der Waals surface area contributed by atoms with Crippen molar-refractivity contribution in [2.45, 2.75) is 31.8 Å². The van der Waals surface area contributed by atoms with E-state index >= 15 is 0 Å². The summed E-state index contributed by atoms with van der Waals surface area (Å²) >= 11 is 0. The molecule has 3 heteroatoms.